The Morgan fingerprint density at radius 1 is 1.09 bits per heavy atom. The molecule has 32 heavy (non-hydrogen) atoms. The van der Waals surface area contributed by atoms with Crippen LogP contribution in [0.25, 0.3) is 10.9 Å². The van der Waals surface area contributed by atoms with Crippen LogP contribution in [0.2, 0.25) is 0 Å². The van der Waals surface area contributed by atoms with Crippen molar-refractivity contribution in [1.82, 2.24) is 9.88 Å². The summed E-state index contributed by atoms with van der Waals surface area (Å²) in [5, 5.41) is 13.5. The number of benzene rings is 2. The quantitative estimate of drug-likeness (QED) is 0.598. The lowest BCUT2D eigenvalue weighted by atomic mass is 9.87. The number of aromatic nitrogens is 1. The Balaban J connectivity index is 1.66. The third kappa shape index (κ3) is 4.52. The van der Waals surface area contributed by atoms with Crippen molar-refractivity contribution < 1.29 is 14.3 Å². The van der Waals surface area contributed by atoms with Gasteiger partial charge in [0, 0.05) is 18.0 Å². The molecule has 0 bridgehead atoms. The fourth-order valence-electron chi connectivity index (χ4n) is 4.39. The van der Waals surface area contributed by atoms with E-state index >= 15 is 0 Å². The van der Waals surface area contributed by atoms with Gasteiger partial charge in [0.15, 0.2) is 0 Å². The van der Waals surface area contributed by atoms with Gasteiger partial charge >= 0.3 is 5.97 Å². The van der Waals surface area contributed by atoms with Crippen molar-refractivity contribution in [2.45, 2.75) is 45.2 Å². The Labute approximate surface area is 187 Å². The highest BCUT2D eigenvalue weighted by Crippen LogP contribution is 2.26. The molecule has 0 unspecified atom stereocenters. The lowest BCUT2D eigenvalue weighted by Gasteiger charge is -2.27. The fraction of sp³-hybridized carbons (Fsp3) is 0.346. The van der Waals surface area contributed by atoms with E-state index in [9.17, 15) is 14.9 Å². The Morgan fingerprint density at radius 2 is 1.81 bits per heavy atom. The van der Waals surface area contributed by atoms with Gasteiger partial charge in [-0.1, -0.05) is 25.1 Å². The molecule has 1 saturated carbocycles. The van der Waals surface area contributed by atoms with Crippen LogP contribution in [-0.2, 0) is 11.3 Å². The predicted molar refractivity (Wildman–Crippen MR) is 122 cm³/mol. The molecule has 1 amide bonds. The molecule has 0 saturated heterocycles. The van der Waals surface area contributed by atoms with Crippen molar-refractivity contribution in [3.63, 3.8) is 0 Å². The monoisotopic (exact) mass is 429 g/mol. The number of amides is 1. The molecule has 164 valence electrons. The largest absolute Gasteiger partial charge is 0.465 e. The fourth-order valence-corrected chi connectivity index (χ4v) is 4.39. The Kier molecular flexibility index (Phi) is 6.27. The number of hydrogen-bond donors (Lipinski definition) is 1. The van der Waals surface area contributed by atoms with Crippen LogP contribution in [0, 0.1) is 17.2 Å². The summed E-state index contributed by atoms with van der Waals surface area (Å²) in [6.07, 6.45) is 4.26. The summed E-state index contributed by atoms with van der Waals surface area (Å²) >= 11 is 0. The molecule has 0 aliphatic heterocycles. The summed E-state index contributed by atoms with van der Waals surface area (Å²) in [5.41, 5.74) is 3.38. The van der Waals surface area contributed by atoms with E-state index < -0.39 is 0 Å². The van der Waals surface area contributed by atoms with E-state index in [4.69, 9.17) is 4.74 Å². The molecule has 6 heteroatoms. The minimum absolute atomic E-state index is 0.0922. The molecule has 2 aromatic carbocycles. The van der Waals surface area contributed by atoms with E-state index in [2.05, 4.69) is 18.3 Å². The number of methoxy groups -OCH3 is 1. The topological polar surface area (TPSA) is 84.1 Å². The number of nitriles is 1. The second-order valence-corrected chi connectivity index (χ2v) is 8.62. The molecule has 4 rings (SSSR count). The standard InChI is InChI=1S/C26H27N3O3/c1-17-3-11-22(12-4-17)28-25(30)24-14-21-10-7-19(15-27)13-23(21)29(24)16-18-5-8-20(9-6-18)26(31)32-2/h5-10,13-14,17,22H,3-4,11-12,16H2,1-2H3,(H,28,30). The van der Waals surface area contributed by atoms with Crippen molar-refractivity contribution in [3.05, 3.63) is 70.9 Å². The molecule has 0 radical (unpaired) electrons. The number of carbonyl (C=O) groups excluding carboxylic acids is 2. The number of rotatable bonds is 5. The maximum Gasteiger partial charge on any atom is 0.337 e. The minimum atomic E-state index is -0.386. The van der Waals surface area contributed by atoms with Gasteiger partial charge in [0.2, 0.25) is 0 Å². The molecular formula is C26H27N3O3. The number of nitrogens with one attached hydrogen (secondary N) is 1. The molecule has 0 atom stereocenters. The van der Waals surface area contributed by atoms with Gasteiger partial charge in [0.25, 0.3) is 5.91 Å². The first-order valence-electron chi connectivity index (χ1n) is 11.0. The smallest absolute Gasteiger partial charge is 0.337 e. The van der Waals surface area contributed by atoms with Crippen LogP contribution in [0.4, 0.5) is 0 Å². The third-order valence-corrected chi connectivity index (χ3v) is 6.33. The van der Waals surface area contributed by atoms with Crippen molar-refractivity contribution in [3.8, 4) is 6.07 Å². The van der Waals surface area contributed by atoms with Crippen molar-refractivity contribution in [2.24, 2.45) is 5.92 Å². The summed E-state index contributed by atoms with van der Waals surface area (Å²) in [4.78, 5) is 25.0. The van der Waals surface area contributed by atoms with E-state index in [1.54, 1.807) is 18.2 Å². The first-order valence-corrected chi connectivity index (χ1v) is 11.0. The van der Waals surface area contributed by atoms with E-state index in [-0.39, 0.29) is 17.9 Å². The van der Waals surface area contributed by atoms with E-state index in [1.165, 1.54) is 7.11 Å². The van der Waals surface area contributed by atoms with Gasteiger partial charge in [-0.3, -0.25) is 4.79 Å². The van der Waals surface area contributed by atoms with Gasteiger partial charge in [-0.25, -0.2) is 4.79 Å². The number of ether oxygens (including phenoxy) is 1. The number of nitrogens with zero attached hydrogens (tertiary/aromatic N) is 2. The Hall–Kier alpha value is -3.59. The summed E-state index contributed by atoms with van der Waals surface area (Å²) in [5.74, 6) is 0.237. The number of fused-ring (bicyclic) bond motifs is 1. The van der Waals surface area contributed by atoms with Gasteiger partial charge < -0.3 is 14.6 Å². The lowest BCUT2D eigenvalue weighted by molar-refractivity contribution is 0.0600. The molecule has 1 aromatic heterocycles. The Bertz CT molecular complexity index is 1180. The molecule has 1 heterocycles. The van der Waals surface area contributed by atoms with Gasteiger partial charge in [-0.15, -0.1) is 0 Å². The zero-order chi connectivity index (χ0) is 22.7. The summed E-state index contributed by atoms with van der Waals surface area (Å²) < 4.78 is 6.72. The van der Waals surface area contributed by atoms with Crippen LogP contribution in [0.1, 0.15) is 64.6 Å². The lowest BCUT2D eigenvalue weighted by Crippen LogP contribution is -2.38. The van der Waals surface area contributed by atoms with E-state index in [1.807, 2.05) is 34.9 Å². The Morgan fingerprint density at radius 3 is 2.47 bits per heavy atom. The van der Waals surface area contributed by atoms with Crippen molar-refractivity contribution in [2.75, 3.05) is 7.11 Å². The van der Waals surface area contributed by atoms with E-state index in [0.717, 1.165) is 42.1 Å². The molecule has 1 aliphatic rings. The molecule has 1 fully saturated rings. The maximum absolute atomic E-state index is 13.3. The molecule has 1 N–H and O–H groups in total. The number of esters is 1. The predicted octanol–water partition coefficient (Wildman–Crippen LogP) is 4.66. The molecule has 0 spiro atoms. The summed E-state index contributed by atoms with van der Waals surface area (Å²) in [6, 6.07) is 16.9. The summed E-state index contributed by atoms with van der Waals surface area (Å²) in [6.45, 7) is 2.71. The molecular weight excluding hydrogens is 402 g/mol. The van der Waals surface area contributed by atoms with E-state index in [0.29, 0.717) is 29.3 Å². The van der Waals surface area contributed by atoms with Crippen LogP contribution in [0.5, 0.6) is 0 Å². The average Bonchev–Trinajstić information content (AvgIpc) is 3.18. The summed E-state index contributed by atoms with van der Waals surface area (Å²) in [7, 11) is 1.35. The van der Waals surface area contributed by atoms with Gasteiger partial charge in [0.05, 0.1) is 29.8 Å². The van der Waals surface area contributed by atoms with Gasteiger partial charge in [-0.2, -0.15) is 5.26 Å². The highest BCUT2D eigenvalue weighted by Gasteiger charge is 2.23. The highest BCUT2D eigenvalue weighted by atomic mass is 16.5. The minimum Gasteiger partial charge on any atom is -0.465 e. The van der Waals surface area contributed by atoms with Gasteiger partial charge in [0.1, 0.15) is 5.69 Å². The van der Waals surface area contributed by atoms with Crippen LogP contribution >= 0.6 is 0 Å². The first kappa shape index (κ1) is 21.6. The van der Waals surface area contributed by atoms with Crippen molar-refractivity contribution >= 4 is 22.8 Å². The first-order chi connectivity index (χ1) is 15.5. The van der Waals surface area contributed by atoms with Crippen LogP contribution in [0.15, 0.2) is 48.5 Å². The number of hydrogen-bond acceptors (Lipinski definition) is 4. The average molecular weight is 430 g/mol. The van der Waals surface area contributed by atoms with Crippen LogP contribution in [0.3, 0.4) is 0 Å². The molecule has 1 aliphatic carbocycles. The second kappa shape index (κ2) is 9.27. The van der Waals surface area contributed by atoms with Gasteiger partial charge in [-0.05, 0) is 67.5 Å². The highest BCUT2D eigenvalue weighted by molar-refractivity contribution is 5.99. The third-order valence-electron chi connectivity index (χ3n) is 6.33. The van der Waals surface area contributed by atoms with Crippen LogP contribution in [-0.4, -0.2) is 29.6 Å². The zero-order valence-electron chi connectivity index (χ0n) is 18.4. The SMILES string of the molecule is COC(=O)c1ccc(Cn2c(C(=O)NC3CCC(C)CC3)cc3ccc(C#N)cc32)cc1. The zero-order valence-corrected chi connectivity index (χ0v) is 18.4. The molecule has 6 nitrogen and oxygen atoms in total. The normalized spacial score (nSPS) is 18.2. The maximum atomic E-state index is 13.3. The molecule has 3 aromatic rings. The van der Waals surface area contributed by atoms with Crippen molar-refractivity contribution in [1.29, 1.82) is 5.26 Å². The second-order valence-electron chi connectivity index (χ2n) is 8.62. The number of carbonyl (C=O) groups is 2. The van der Waals surface area contributed by atoms with Crippen LogP contribution < -0.4 is 5.32 Å².